The molecule has 0 aromatic heterocycles. The highest BCUT2D eigenvalue weighted by Crippen LogP contribution is 2.33. The highest BCUT2D eigenvalue weighted by Gasteiger charge is 2.47. The van der Waals surface area contributed by atoms with Crippen molar-refractivity contribution in [3.05, 3.63) is 64.7 Å². The Morgan fingerprint density at radius 3 is 2.33 bits per heavy atom. The number of piperidine rings is 1. The lowest BCUT2D eigenvalue weighted by Gasteiger charge is -2.34. The number of fused-ring (bicyclic) bond motifs is 1. The molecule has 1 atom stereocenters. The summed E-state index contributed by atoms with van der Waals surface area (Å²) >= 11 is 0. The van der Waals surface area contributed by atoms with Crippen LogP contribution in [-0.2, 0) is 27.3 Å². The fourth-order valence-electron chi connectivity index (χ4n) is 4.94. The van der Waals surface area contributed by atoms with E-state index in [-0.39, 0.29) is 41.5 Å². The van der Waals surface area contributed by atoms with Gasteiger partial charge in [0, 0.05) is 37.8 Å². The van der Waals surface area contributed by atoms with Crippen LogP contribution < -0.4 is 5.32 Å². The number of nitrogens with zero attached hydrogens (tertiary/aromatic N) is 3. The number of ether oxygens (including phenoxy) is 1. The summed E-state index contributed by atoms with van der Waals surface area (Å²) in [4.78, 5) is 66.9. The van der Waals surface area contributed by atoms with Crippen LogP contribution in [0.1, 0.15) is 65.5 Å². The number of carbonyl (C=O) groups is 5. The summed E-state index contributed by atoms with van der Waals surface area (Å²) in [6, 6.07) is 11.9. The second-order valence-corrected chi connectivity index (χ2v) is 10.8. The van der Waals surface area contributed by atoms with Crippen molar-refractivity contribution in [2.24, 2.45) is 0 Å². The monoisotopic (exact) mass is 534 g/mol. The van der Waals surface area contributed by atoms with E-state index in [4.69, 9.17) is 4.74 Å². The quantitative estimate of drug-likeness (QED) is 0.541. The molecule has 2 aromatic rings. The number of hydrogen-bond donors (Lipinski definition) is 1. The van der Waals surface area contributed by atoms with Crippen LogP contribution in [0, 0.1) is 0 Å². The van der Waals surface area contributed by atoms with Crippen LogP contribution in [0.25, 0.3) is 0 Å². The molecule has 2 aliphatic rings. The Bertz CT molecular complexity index is 1310. The molecule has 10 heteroatoms. The van der Waals surface area contributed by atoms with E-state index in [1.54, 1.807) is 23.1 Å². The zero-order valence-corrected chi connectivity index (χ0v) is 22.9. The summed E-state index contributed by atoms with van der Waals surface area (Å²) < 4.78 is 4.92. The number of benzene rings is 2. The number of anilines is 1. The van der Waals surface area contributed by atoms with Gasteiger partial charge in [-0.15, -0.1) is 0 Å². The maximum Gasteiger partial charge on any atom is 0.409 e. The molecule has 39 heavy (non-hydrogen) atoms. The number of carbonyl (C=O) groups excluding carboxylic acids is 5. The molecule has 2 aliphatic heterocycles. The lowest BCUT2D eigenvalue weighted by molar-refractivity contribution is -0.149. The van der Waals surface area contributed by atoms with Crippen molar-refractivity contribution in [1.82, 2.24) is 14.7 Å². The van der Waals surface area contributed by atoms with Gasteiger partial charge >= 0.3 is 6.09 Å². The van der Waals surface area contributed by atoms with E-state index in [0.29, 0.717) is 25.2 Å². The van der Waals surface area contributed by atoms with Crippen LogP contribution in [0.3, 0.4) is 0 Å². The van der Waals surface area contributed by atoms with Gasteiger partial charge in [-0.05, 0) is 56.9 Å². The summed E-state index contributed by atoms with van der Waals surface area (Å²) in [6.07, 6.45) is 0.520. The van der Waals surface area contributed by atoms with Gasteiger partial charge in [-0.1, -0.05) is 30.3 Å². The number of hydrogen-bond acceptors (Lipinski definition) is 7. The fourth-order valence-corrected chi connectivity index (χ4v) is 4.94. The van der Waals surface area contributed by atoms with Gasteiger partial charge in [0.15, 0.2) is 0 Å². The number of nitrogens with one attached hydrogen (secondary N) is 1. The average molecular weight is 535 g/mol. The van der Waals surface area contributed by atoms with Gasteiger partial charge in [0.05, 0.1) is 18.2 Å². The molecule has 0 bridgehead atoms. The molecule has 0 saturated carbocycles. The number of likely N-dealkylation sites (N-methyl/N-ethyl adjacent to an activating group) is 1. The van der Waals surface area contributed by atoms with Crippen molar-refractivity contribution < 1.29 is 28.7 Å². The standard InChI is InChI=1S/C29H34N4O6/c1-29(2,3)32(28(38)39-5)16-15-18-9-11-19(12-10-18)17-30-21-8-6-7-20-24(21)27(37)33(25(20)35)22-13-14-23(34)31(4)26(22)36/h6-12,22,30H,13-17H2,1-5H3. The Morgan fingerprint density at radius 1 is 1.03 bits per heavy atom. The zero-order valence-electron chi connectivity index (χ0n) is 22.9. The van der Waals surface area contributed by atoms with E-state index >= 15 is 0 Å². The lowest BCUT2D eigenvalue weighted by atomic mass is 10.0. The SMILES string of the molecule is COC(=O)N(CCc1ccc(CNc2cccc3c2C(=O)N(C2CCC(=O)N(C)C2=O)C3=O)cc1)C(C)(C)C. The molecule has 2 aromatic carbocycles. The number of imide groups is 2. The molecule has 4 rings (SSSR count). The summed E-state index contributed by atoms with van der Waals surface area (Å²) in [5, 5.41) is 3.26. The minimum atomic E-state index is -0.992. The number of methoxy groups -OCH3 is 1. The summed E-state index contributed by atoms with van der Waals surface area (Å²) in [7, 11) is 2.75. The van der Waals surface area contributed by atoms with Gasteiger partial charge in [-0.2, -0.15) is 0 Å². The molecule has 2 heterocycles. The third-order valence-corrected chi connectivity index (χ3v) is 7.21. The van der Waals surface area contributed by atoms with E-state index in [9.17, 15) is 24.0 Å². The van der Waals surface area contributed by atoms with Gasteiger partial charge in [-0.25, -0.2) is 4.79 Å². The van der Waals surface area contributed by atoms with Gasteiger partial charge in [-0.3, -0.25) is 29.0 Å². The fraction of sp³-hybridized carbons (Fsp3) is 0.414. The van der Waals surface area contributed by atoms with Crippen LogP contribution in [0.5, 0.6) is 0 Å². The molecule has 0 spiro atoms. The Labute approximate surface area is 227 Å². The molecular formula is C29H34N4O6. The Morgan fingerprint density at radius 2 is 1.69 bits per heavy atom. The zero-order chi connectivity index (χ0) is 28.5. The van der Waals surface area contributed by atoms with E-state index in [0.717, 1.165) is 20.9 Å². The molecular weight excluding hydrogens is 500 g/mol. The first-order valence-electron chi connectivity index (χ1n) is 12.9. The van der Waals surface area contributed by atoms with Crippen LogP contribution in [0.15, 0.2) is 42.5 Å². The molecule has 206 valence electrons. The van der Waals surface area contributed by atoms with E-state index in [1.165, 1.54) is 14.2 Å². The number of rotatable bonds is 7. The summed E-state index contributed by atoms with van der Waals surface area (Å²) in [5.41, 5.74) is 2.64. The van der Waals surface area contributed by atoms with Crippen molar-refractivity contribution in [2.75, 3.05) is 26.0 Å². The van der Waals surface area contributed by atoms with Crippen molar-refractivity contribution in [3.63, 3.8) is 0 Å². The molecule has 0 radical (unpaired) electrons. The average Bonchev–Trinajstić information content (AvgIpc) is 3.16. The minimum Gasteiger partial charge on any atom is -0.453 e. The highest BCUT2D eigenvalue weighted by atomic mass is 16.5. The van der Waals surface area contributed by atoms with Gasteiger partial charge in [0.25, 0.3) is 17.7 Å². The third kappa shape index (κ3) is 5.50. The predicted octanol–water partition coefficient (Wildman–Crippen LogP) is 3.45. The van der Waals surface area contributed by atoms with E-state index < -0.39 is 23.8 Å². The van der Waals surface area contributed by atoms with Crippen LogP contribution in [-0.4, -0.2) is 76.7 Å². The predicted molar refractivity (Wildman–Crippen MR) is 144 cm³/mol. The maximum atomic E-state index is 13.4. The Hall–Kier alpha value is -4.21. The molecule has 1 unspecified atom stereocenters. The molecule has 10 nitrogen and oxygen atoms in total. The first-order chi connectivity index (χ1) is 18.4. The lowest BCUT2D eigenvalue weighted by Crippen LogP contribution is -2.54. The topological polar surface area (TPSA) is 116 Å². The van der Waals surface area contributed by atoms with E-state index in [1.807, 2.05) is 45.0 Å². The van der Waals surface area contributed by atoms with Crippen molar-refractivity contribution in [3.8, 4) is 0 Å². The van der Waals surface area contributed by atoms with Crippen molar-refractivity contribution in [2.45, 2.75) is 58.2 Å². The van der Waals surface area contributed by atoms with E-state index in [2.05, 4.69) is 5.32 Å². The smallest absolute Gasteiger partial charge is 0.409 e. The van der Waals surface area contributed by atoms with Crippen LogP contribution in [0.2, 0.25) is 0 Å². The highest BCUT2D eigenvalue weighted by molar-refractivity contribution is 6.25. The van der Waals surface area contributed by atoms with Gasteiger partial charge in [0.2, 0.25) is 5.91 Å². The molecule has 1 fully saturated rings. The second kappa shape index (κ2) is 10.9. The van der Waals surface area contributed by atoms with Crippen molar-refractivity contribution in [1.29, 1.82) is 0 Å². The van der Waals surface area contributed by atoms with Gasteiger partial charge < -0.3 is 15.0 Å². The second-order valence-electron chi connectivity index (χ2n) is 10.8. The number of amides is 5. The molecule has 1 N–H and O–H groups in total. The molecule has 5 amide bonds. The Kier molecular flexibility index (Phi) is 7.76. The van der Waals surface area contributed by atoms with Crippen LogP contribution in [0.4, 0.5) is 10.5 Å². The summed E-state index contributed by atoms with van der Waals surface area (Å²) in [6.45, 7) is 6.81. The Balaban J connectivity index is 1.43. The van der Waals surface area contributed by atoms with Crippen LogP contribution >= 0.6 is 0 Å². The van der Waals surface area contributed by atoms with Crippen molar-refractivity contribution >= 4 is 35.4 Å². The first-order valence-corrected chi connectivity index (χ1v) is 12.9. The third-order valence-electron chi connectivity index (χ3n) is 7.21. The first kappa shape index (κ1) is 27.8. The molecule has 1 saturated heterocycles. The normalized spacial score (nSPS) is 17.4. The summed E-state index contributed by atoms with van der Waals surface area (Å²) in [5.74, 6) is -1.94. The maximum absolute atomic E-state index is 13.4. The largest absolute Gasteiger partial charge is 0.453 e. The minimum absolute atomic E-state index is 0.0956. The molecule has 0 aliphatic carbocycles. The van der Waals surface area contributed by atoms with Gasteiger partial charge in [0.1, 0.15) is 6.04 Å². The number of likely N-dealkylation sites (tertiary alicyclic amines) is 1.